The maximum atomic E-state index is 4.55. The largest absolute Gasteiger partial charge is 0.372 e. The maximum Gasteiger partial charge on any atom is 0.191 e. The fraction of sp³-hybridized carbons (Fsp3) is 0.474. The molecule has 0 atom stereocenters. The summed E-state index contributed by atoms with van der Waals surface area (Å²) >= 11 is 1.74. The molecule has 0 aliphatic rings. The van der Waals surface area contributed by atoms with Crippen molar-refractivity contribution in [3.05, 3.63) is 45.9 Å². The molecular formula is C19H30IN5S. The molecule has 2 rings (SSSR count). The highest BCUT2D eigenvalue weighted by atomic mass is 127. The van der Waals surface area contributed by atoms with E-state index in [1.54, 1.807) is 18.4 Å². The molecule has 0 bridgehead atoms. The van der Waals surface area contributed by atoms with E-state index in [0.29, 0.717) is 6.54 Å². The number of anilines is 1. The minimum absolute atomic E-state index is 0. The summed E-state index contributed by atoms with van der Waals surface area (Å²) in [4.78, 5) is 12.5. The number of aromatic nitrogens is 1. The second-order valence-electron chi connectivity index (χ2n) is 5.87. The fourth-order valence-electron chi connectivity index (χ4n) is 2.58. The molecule has 0 saturated heterocycles. The van der Waals surface area contributed by atoms with Crippen LogP contribution in [0.5, 0.6) is 0 Å². The van der Waals surface area contributed by atoms with E-state index in [1.807, 2.05) is 0 Å². The molecule has 7 heteroatoms. The number of nitrogens with zero attached hydrogens (tertiary/aromatic N) is 3. The van der Waals surface area contributed by atoms with Gasteiger partial charge in [0.05, 0.1) is 12.2 Å². The molecule has 0 aliphatic carbocycles. The van der Waals surface area contributed by atoms with Crippen LogP contribution in [0.2, 0.25) is 0 Å². The Morgan fingerprint density at radius 3 is 2.50 bits per heavy atom. The van der Waals surface area contributed by atoms with Crippen molar-refractivity contribution >= 4 is 47.0 Å². The van der Waals surface area contributed by atoms with E-state index in [2.05, 4.69) is 76.6 Å². The summed E-state index contributed by atoms with van der Waals surface area (Å²) in [6.07, 6.45) is 1.05. The van der Waals surface area contributed by atoms with Crippen molar-refractivity contribution in [2.45, 2.75) is 33.7 Å². The molecule has 2 aromatic rings. The number of hydrogen-bond acceptors (Lipinski definition) is 4. The monoisotopic (exact) mass is 487 g/mol. The van der Waals surface area contributed by atoms with Crippen molar-refractivity contribution in [1.82, 2.24) is 15.6 Å². The van der Waals surface area contributed by atoms with Crippen molar-refractivity contribution in [2.75, 3.05) is 31.6 Å². The van der Waals surface area contributed by atoms with Gasteiger partial charge in [0.25, 0.3) is 0 Å². The average molecular weight is 487 g/mol. The van der Waals surface area contributed by atoms with Gasteiger partial charge in [-0.15, -0.1) is 35.3 Å². The highest BCUT2D eigenvalue weighted by molar-refractivity contribution is 14.0. The number of guanidine groups is 1. The van der Waals surface area contributed by atoms with Crippen molar-refractivity contribution in [2.24, 2.45) is 4.99 Å². The van der Waals surface area contributed by atoms with E-state index in [-0.39, 0.29) is 24.0 Å². The Morgan fingerprint density at radius 1 is 1.19 bits per heavy atom. The van der Waals surface area contributed by atoms with Gasteiger partial charge in [0.15, 0.2) is 5.96 Å². The first-order chi connectivity index (χ1) is 12.1. The predicted octanol–water partition coefficient (Wildman–Crippen LogP) is 3.96. The van der Waals surface area contributed by atoms with Gasteiger partial charge in [0.1, 0.15) is 5.01 Å². The second-order valence-corrected chi connectivity index (χ2v) is 7.16. The Hall–Kier alpha value is -1.35. The Morgan fingerprint density at radius 2 is 1.92 bits per heavy atom. The number of para-hydroxylation sites is 1. The number of nitrogens with one attached hydrogen (secondary N) is 2. The summed E-state index contributed by atoms with van der Waals surface area (Å²) in [5, 5.41) is 7.81. The van der Waals surface area contributed by atoms with Gasteiger partial charge in [-0.1, -0.05) is 18.2 Å². The molecule has 2 N–H and O–H groups in total. The van der Waals surface area contributed by atoms with E-state index in [4.69, 9.17) is 0 Å². The molecule has 0 unspecified atom stereocenters. The van der Waals surface area contributed by atoms with Crippen LogP contribution in [0, 0.1) is 13.8 Å². The van der Waals surface area contributed by atoms with E-state index in [1.165, 1.54) is 10.6 Å². The minimum Gasteiger partial charge on any atom is -0.372 e. The first-order valence-electron chi connectivity index (χ1n) is 8.81. The molecule has 144 valence electrons. The molecule has 1 aromatic carbocycles. The summed E-state index contributed by atoms with van der Waals surface area (Å²) in [5.74, 6) is 0.827. The van der Waals surface area contributed by atoms with Crippen LogP contribution < -0.4 is 15.5 Å². The van der Waals surface area contributed by atoms with E-state index in [9.17, 15) is 0 Å². The highest BCUT2D eigenvalue weighted by Gasteiger charge is 2.06. The quantitative estimate of drug-likeness (QED) is 0.256. The standard InChI is InChI=1S/C19H29N5S.HI/c1-5-24(17-10-7-6-8-11-17)13-9-12-21-19(20-4)22-14-18-23-15(2)16(3)25-18;/h6-8,10-11H,5,9,12-14H2,1-4H3,(H2,20,21,22);1H. The SMILES string of the molecule is CCN(CCCNC(=NC)NCc1nc(C)c(C)s1)c1ccccc1.I. The maximum absolute atomic E-state index is 4.55. The Labute approximate surface area is 178 Å². The van der Waals surface area contributed by atoms with Crippen LogP contribution in [0.25, 0.3) is 0 Å². The van der Waals surface area contributed by atoms with Gasteiger partial charge in [-0.3, -0.25) is 4.99 Å². The lowest BCUT2D eigenvalue weighted by atomic mass is 10.2. The predicted molar refractivity (Wildman–Crippen MR) is 124 cm³/mol. The van der Waals surface area contributed by atoms with Gasteiger partial charge >= 0.3 is 0 Å². The summed E-state index contributed by atoms with van der Waals surface area (Å²) in [6.45, 7) is 9.99. The summed E-state index contributed by atoms with van der Waals surface area (Å²) in [6, 6.07) is 10.6. The lowest BCUT2D eigenvalue weighted by Gasteiger charge is -2.23. The first kappa shape index (κ1) is 22.7. The normalized spacial score (nSPS) is 11.0. The number of halogens is 1. The Bertz CT molecular complexity index is 652. The number of aryl methyl sites for hydroxylation is 2. The van der Waals surface area contributed by atoms with Gasteiger partial charge < -0.3 is 15.5 Å². The van der Waals surface area contributed by atoms with Gasteiger partial charge in [-0.2, -0.15) is 0 Å². The molecule has 0 aliphatic heterocycles. The number of aliphatic imine (C=N–C) groups is 1. The second kappa shape index (κ2) is 12.1. The Balaban J connectivity index is 0.00000338. The highest BCUT2D eigenvalue weighted by Crippen LogP contribution is 2.16. The molecule has 0 spiro atoms. The van der Waals surface area contributed by atoms with Gasteiger partial charge in [0, 0.05) is 37.2 Å². The molecule has 1 aromatic heterocycles. The summed E-state index contributed by atoms with van der Waals surface area (Å²) < 4.78 is 0. The molecule has 0 fully saturated rings. The molecule has 0 saturated carbocycles. The zero-order valence-electron chi connectivity index (χ0n) is 16.1. The molecule has 26 heavy (non-hydrogen) atoms. The lowest BCUT2D eigenvalue weighted by Crippen LogP contribution is -2.38. The van der Waals surface area contributed by atoms with Gasteiger partial charge in [0.2, 0.25) is 0 Å². The smallest absolute Gasteiger partial charge is 0.191 e. The van der Waals surface area contributed by atoms with Gasteiger partial charge in [-0.25, -0.2) is 4.98 Å². The topological polar surface area (TPSA) is 52.5 Å². The number of thiazole rings is 1. The molecule has 0 radical (unpaired) electrons. The first-order valence-corrected chi connectivity index (χ1v) is 9.63. The third-order valence-corrected chi connectivity index (χ3v) is 5.18. The van der Waals surface area contributed by atoms with Crippen LogP contribution in [0.15, 0.2) is 35.3 Å². The van der Waals surface area contributed by atoms with Crippen LogP contribution in [0.3, 0.4) is 0 Å². The lowest BCUT2D eigenvalue weighted by molar-refractivity contribution is 0.708. The third kappa shape index (κ3) is 7.11. The van der Waals surface area contributed by atoms with Crippen LogP contribution in [-0.4, -0.2) is 37.6 Å². The molecule has 0 amide bonds. The third-order valence-electron chi connectivity index (χ3n) is 4.10. The molecule has 1 heterocycles. The zero-order chi connectivity index (χ0) is 18.1. The fourth-order valence-corrected chi connectivity index (χ4v) is 3.45. The molecular weight excluding hydrogens is 457 g/mol. The van der Waals surface area contributed by atoms with Crippen molar-refractivity contribution in [3.8, 4) is 0 Å². The zero-order valence-corrected chi connectivity index (χ0v) is 19.2. The van der Waals surface area contributed by atoms with Gasteiger partial charge in [-0.05, 0) is 39.3 Å². The summed E-state index contributed by atoms with van der Waals surface area (Å²) in [5.41, 5.74) is 2.40. The van der Waals surface area contributed by atoms with Crippen LogP contribution in [-0.2, 0) is 6.54 Å². The van der Waals surface area contributed by atoms with Crippen LogP contribution >= 0.6 is 35.3 Å². The average Bonchev–Trinajstić information content (AvgIpc) is 2.96. The number of rotatable bonds is 8. The van der Waals surface area contributed by atoms with Crippen molar-refractivity contribution < 1.29 is 0 Å². The van der Waals surface area contributed by atoms with Crippen molar-refractivity contribution in [1.29, 1.82) is 0 Å². The van der Waals surface area contributed by atoms with Crippen molar-refractivity contribution in [3.63, 3.8) is 0 Å². The van der Waals surface area contributed by atoms with E-state index < -0.39 is 0 Å². The summed E-state index contributed by atoms with van der Waals surface area (Å²) in [7, 11) is 1.80. The van der Waals surface area contributed by atoms with Crippen LogP contribution in [0.1, 0.15) is 28.9 Å². The number of benzene rings is 1. The number of hydrogen-bond donors (Lipinski definition) is 2. The Kier molecular flexibility index (Phi) is 10.6. The van der Waals surface area contributed by atoms with Crippen LogP contribution in [0.4, 0.5) is 5.69 Å². The minimum atomic E-state index is 0. The van der Waals surface area contributed by atoms with E-state index >= 15 is 0 Å². The molecule has 5 nitrogen and oxygen atoms in total. The van der Waals surface area contributed by atoms with E-state index in [0.717, 1.165) is 42.7 Å².